The van der Waals surface area contributed by atoms with E-state index in [9.17, 15) is 0 Å². The molecule has 0 aliphatic rings. The molecule has 1 atom stereocenters. The van der Waals surface area contributed by atoms with E-state index in [1.54, 1.807) is 18.6 Å². The Morgan fingerprint density at radius 3 is 2.59 bits per heavy atom. The molecule has 2 rings (SSSR count). The summed E-state index contributed by atoms with van der Waals surface area (Å²) in [5.41, 5.74) is 3.54. The topological polar surface area (TPSA) is 37.8 Å². The zero-order chi connectivity index (χ0) is 12.1. The Kier molecular flexibility index (Phi) is 3.83. The van der Waals surface area contributed by atoms with Crippen molar-refractivity contribution in [2.45, 2.75) is 26.4 Å². The fraction of sp³-hybridized carbons (Fsp3) is 0.286. The maximum absolute atomic E-state index is 4.23. The van der Waals surface area contributed by atoms with Crippen LogP contribution in [-0.4, -0.2) is 9.97 Å². The quantitative estimate of drug-likeness (QED) is 0.872. The molecule has 2 aromatic rings. The molecule has 0 aliphatic heterocycles. The zero-order valence-corrected chi connectivity index (χ0v) is 10.2. The first kappa shape index (κ1) is 11.7. The molecular formula is C14H17N3. The number of benzene rings is 1. The van der Waals surface area contributed by atoms with Crippen LogP contribution in [0.4, 0.5) is 0 Å². The van der Waals surface area contributed by atoms with Gasteiger partial charge in [0, 0.05) is 31.2 Å². The van der Waals surface area contributed by atoms with Gasteiger partial charge in [0.15, 0.2) is 0 Å². The van der Waals surface area contributed by atoms with E-state index in [4.69, 9.17) is 0 Å². The van der Waals surface area contributed by atoms with Crippen molar-refractivity contribution in [2.24, 2.45) is 0 Å². The Labute approximate surface area is 102 Å². The molecule has 0 bridgehead atoms. The molecule has 1 unspecified atom stereocenters. The first-order valence-corrected chi connectivity index (χ1v) is 5.80. The van der Waals surface area contributed by atoms with Crippen molar-refractivity contribution in [2.75, 3.05) is 0 Å². The highest BCUT2D eigenvalue weighted by Crippen LogP contribution is 2.13. The number of hydrogen-bond acceptors (Lipinski definition) is 3. The number of hydrogen-bond donors (Lipinski definition) is 1. The van der Waals surface area contributed by atoms with Crippen molar-refractivity contribution in [1.82, 2.24) is 15.3 Å². The van der Waals surface area contributed by atoms with Crippen LogP contribution >= 0.6 is 0 Å². The maximum atomic E-state index is 4.23. The summed E-state index contributed by atoms with van der Waals surface area (Å²) in [5, 5.41) is 3.43. The lowest BCUT2D eigenvalue weighted by Gasteiger charge is -2.13. The van der Waals surface area contributed by atoms with Crippen LogP contribution < -0.4 is 5.32 Å². The first-order valence-electron chi connectivity index (χ1n) is 5.80. The van der Waals surface area contributed by atoms with Crippen LogP contribution in [0.25, 0.3) is 0 Å². The molecule has 0 saturated heterocycles. The molecule has 17 heavy (non-hydrogen) atoms. The lowest BCUT2D eigenvalue weighted by atomic mass is 10.1. The smallest absolute Gasteiger partial charge is 0.0724 e. The zero-order valence-electron chi connectivity index (χ0n) is 10.2. The van der Waals surface area contributed by atoms with Crippen LogP contribution in [0, 0.1) is 6.92 Å². The predicted octanol–water partition coefficient (Wildman–Crippen LogP) is 2.64. The summed E-state index contributed by atoms with van der Waals surface area (Å²) >= 11 is 0. The van der Waals surface area contributed by atoms with E-state index in [0.717, 1.165) is 12.2 Å². The largest absolute Gasteiger partial charge is 0.305 e. The highest BCUT2D eigenvalue weighted by molar-refractivity contribution is 5.23. The molecule has 1 aromatic heterocycles. The molecule has 1 N–H and O–H groups in total. The van der Waals surface area contributed by atoms with E-state index in [2.05, 4.69) is 53.4 Å². The number of rotatable bonds is 4. The molecule has 88 valence electrons. The van der Waals surface area contributed by atoms with Crippen LogP contribution in [0.15, 0.2) is 42.9 Å². The van der Waals surface area contributed by atoms with E-state index < -0.39 is 0 Å². The van der Waals surface area contributed by atoms with Crippen molar-refractivity contribution < 1.29 is 0 Å². The molecule has 3 nitrogen and oxygen atoms in total. The van der Waals surface area contributed by atoms with Crippen LogP contribution in [0.2, 0.25) is 0 Å². The SMILES string of the molecule is Cc1ccc(C(C)NCc2cnccn2)cc1. The average molecular weight is 227 g/mol. The van der Waals surface area contributed by atoms with E-state index in [1.807, 2.05) is 0 Å². The second-order valence-corrected chi connectivity index (χ2v) is 4.21. The van der Waals surface area contributed by atoms with Gasteiger partial charge in [-0.1, -0.05) is 29.8 Å². The van der Waals surface area contributed by atoms with Crippen molar-refractivity contribution >= 4 is 0 Å². The van der Waals surface area contributed by atoms with Gasteiger partial charge in [0.05, 0.1) is 5.69 Å². The molecule has 0 radical (unpaired) electrons. The molecule has 1 aromatic carbocycles. The fourth-order valence-electron chi connectivity index (χ4n) is 1.65. The highest BCUT2D eigenvalue weighted by atomic mass is 14.9. The Morgan fingerprint density at radius 1 is 1.18 bits per heavy atom. The lowest BCUT2D eigenvalue weighted by Crippen LogP contribution is -2.18. The molecule has 0 spiro atoms. The van der Waals surface area contributed by atoms with Crippen LogP contribution in [0.1, 0.15) is 29.8 Å². The normalized spacial score (nSPS) is 12.4. The molecule has 0 fully saturated rings. The van der Waals surface area contributed by atoms with Gasteiger partial charge in [-0.25, -0.2) is 0 Å². The Morgan fingerprint density at radius 2 is 1.94 bits per heavy atom. The summed E-state index contributed by atoms with van der Waals surface area (Å²) in [6.45, 7) is 4.99. The predicted molar refractivity (Wildman–Crippen MR) is 68.5 cm³/mol. The van der Waals surface area contributed by atoms with Crippen LogP contribution in [0.5, 0.6) is 0 Å². The third-order valence-electron chi connectivity index (χ3n) is 2.78. The molecule has 0 saturated carbocycles. The number of nitrogens with zero attached hydrogens (tertiary/aromatic N) is 2. The number of aromatic nitrogens is 2. The van der Waals surface area contributed by atoms with Gasteiger partial charge in [-0.05, 0) is 19.4 Å². The summed E-state index contributed by atoms with van der Waals surface area (Å²) in [6.07, 6.45) is 5.19. The molecule has 3 heteroatoms. The van der Waals surface area contributed by atoms with Crippen molar-refractivity contribution in [1.29, 1.82) is 0 Å². The van der Waals surface area contributed by atoms with E-state index in [0.29, 0.717) is 6.04 Å². The van der Waals surface area contributed by atoms with Gasteiger partial charge in [0.25, 0.3) is 0 Å². The third-order valence-corrected chi connectivity index (χ3v) is 2.78. The second kappa shape index (κ2) is 5.55. The Balaban J connectivity index is 1.93. The number of aryl methyl sites for hydroxylation is 1. The minimum absolute atomic E-state index is 0.317. The molecule has 0 aliphatic carbocycles. The molecular weight excluding hydrogens is 210 g/mol. The van der Waals surface area contributed by atoms with Crippen molar-refractivity contribution in [3.63, 3.8) is 0 Å². The van der Waals surface area contributed by atoms with Crippen molar-refractivity contribution in [3.05, 3.63) is 59.7 Å². The third kappa shape index (κ3) is 3.36. The van der Waals surface area contributed by atoms with Gasteiger partial charge in [-0.3, -0.25) is 9.97 Å². The Bertz CT molecular complexity index is 451. The maximum Gasteiger partial charge on any atom is 0.0724 e. The van der Waals surface area contributed by atoms with Crippen LogP contribution in [0.3, 0.4) is 0 Å². The molecule has 1 heterocycles. The minimum atomic E-state index is 0.317. The summed E-state index contributed by atoms with van der Waals surface area (Å²) in [4.78, 5) is 8.28. The molecule has 0 amide bonds. The van der Waals surface area contributed by atoms with E-state index in [1.165, 1.54) is 11.1 Å². The fourth-order valence-corrected chi connectivity index (χ4v) is 1.65. The van der Waals surface area contributed by atoms with Gasteiger partial charge >= 0.3 is 0 Å². The average Bonchev–Trinajstić information content (AvgIpc) is 2.38. The van der Waals surface area contributed by atoms with Gasteiger partial charge in [-0.2, -0.15) is 0 Å². The first-order chi connectivity index (χ1) is 8.25. The lowest BCUT2D eigenvalue weighted by molar-refractivity contribution is 0.566. The van der Waals surface area contributed by atoms with E-state index in [-0.39, 0.29) is 0 Å². The summed E-state index contributed by atoms with van der Waals surface area (Å²) in [7, 11) is 0. The second-order valence-electron chi connectivity index (χ2n) is 4.21. The van der Waals surface area contributed by atoms with Gasteiger partial charge in [0.2, 0.25) is 0 Å². The van der Waals surface area contributed by atoms with Crippen molar-refractivity contribution in [3.8, 4) is 0 Å². The standard InChI is InChI=1S/C14H17N3/c1-11-3-5-13(6-4-11)12(2)17-10-14-9-15-7-8-16-14/h3-9,12,17H,10H2,1-2H3. The van der Waals surface area contributed by atoms with Crippen LogP contribution in [-0.2, 0) is 6.54 Å². The summed E-state index contributed by atoms with van der Waals surface area (Å²) < 4.78 is 0. The Hall–Kier alpha value is -1.74. The van der Waals surface area contributed by atoms with E-state index >= 15 is 0 Å². The number of nitrogens with one attached hydrogen (secondary N) is 1. The van der Waals surface area contributed by atoms with Gasteiger partial charge in [0.1, 0.15) is 0 Å². The van der Waals surface area contributed by atoms with Gasteiger partial charge in [-0.15, -0.1) is 0 Å². The minimum Gasteiger partial charge on any atom is -0.305 e. The monoisotopic (exact) mass is 227 g/mol. The summed E-state index contributed by atoms with van der Waals surface area (Å²) in [6, 6.07) is 8.90. The van der Waals surface area contributed by atoms with Gasteiger partial charge < -0.3 is 5.32 Å². The summed E-state index contributed by atoms with van der Waals surface area (Å²) in [5.74, 6) is 0. The highest BCUT2D eigenvalue weighted by Gasteiger charge is 2.04.